The van der Waals surface area contributed by atoms with E-state index >= 15 is 0 Å². The van der Waals surface area contributed by atoms with E-state index in [1.165, 1.54) is 0 Å². The number of hydrogen-bond acceptors (Lipinski definition) is 9. The van der Waals surface area contributed by atoms with Crippen molar-refractivity contribution in [2.45, 2.75) is 75.7 Å². The van der Waals surface area contributed by atoms with E-state index in [0.717, 1.165) is 57.9 Å². The maximum Gasteiger partial charge on any atom is 0.317 e. The molecular formula is C26H36N4O5. The van der Waals surface area contributed by atoms with Crippen LogP contribution in [0.1, 0.15) is 63.5 Å². The molecule has 0 aromatic carbocycles. The second kappa shape index (κ2) is 9.95. The predicted molar refractivity (Wildman–Crippen MR) is 129 cm³/mol. The van der Waals surface area contributed by atoms with E-state index in [-0.39, 0.29) is 29.7 Å². The molecular weight excluding hydrogens is 448 g/mol. The Hall–Kier alpha value is -2.36. The van der Waals surface area contributed by atoms with Gasteiger partial charge in [0, 0.05) is 12.6 Å². The molecule has 1 N–H and O–H groups in total. The second-order valence-corrected chi connectivity index (χ2v) is 10.3. The number of carbonyl (C=O) groups is 1. The Kier molecular flexibility index (Phi) is 6.92. The molecule has 2 aliphatic heterocycles. The fourth-order valence-electron chi connectivity index (χ4n) is 6.77. The van der Waals surface area contributed by atoms with Crippen molar-refractivity contribution in [2.24, 2.45) is 16.5 Å². The Morgan fingerprint density at radius 1 is 1.26 bits per heavy atom. The Morgan fingerprint density at radius 3 is 2.74 bits per heavy atom. The Balaban J connectivity index is 1.40. The normalized spacial score (nSPS) is 32.3. The summed E-state index contributed by atoms with van der Waals surface area (Å²) in [5.74, 6) is -1.40. The predicted octanol–water partition coefficient (Wildman–Crippen LogP) is 3.36. The smallest absolute Gasteiger partial charge is 0.317 e. The molecule has 9 heteroatoms. The standard InChI is InChI=1S/C26H36N4O5/c1-3-21(20-9-7-15-30(20)2)35-24-27-14-10-19(28-24)22(29-32)18-8-6-12-25(23(18)31)11-4-5-13-26(25)33-16-17-34-26/h3,10,14,18,20-21,32H,1,4-9,11-13,15-17H2,2H3/b29-22-/t18?,20-,21-,25-/m0/s1. The molecule has 0 bridgehead atoms. The number of aromatic nitrogens is 2. The lowest BCUT2D eigenvalue weighted by Gasteiger charge is -2.52. The number of ether oxygens (including phenoxy) is 3. The fraction of sp³-hybridized carbons (Fsp3) is 0.692. The minimum Gasteiger partial charge on any atom is -0.454 e. The quantitative estimate of drug-likeness (QED) is 0.284. The first-order valence-electron chi connectivity index (χ1n) is 12.9. The van der Waals surface area contributed by atoms with Gasteiger partial charge in [-0.05, 0) is 64.3 Å². The molecule has 0 amide bonds. The SMILES string of the molecule is C=C[C@H](Oc1nccc(/C(=N\O)C2CCC[C@@]3(CCCCC34OCCO4)C2=O)n1)[C@@H]1CCCN1C. The molecule has 2 saturated carbocycles. The average molecular weight is 485 g/mol. The Morgan fingerprint density at radius 2 is 2.03 bits per heavy atom. The van der Waals surface area contributed by atoms with Gasteiger partial charge >= 0.3 is 6.01 Å². The molecule has 2 aliphatic carbocycles. The van der Waals surface area contributed by atoms with E-state index in [0.29, 0.717) is 25.3 Å². The van der Waals surface area contributed by atoms with Gasteiger partial charge in [-0.3, -0.25) is 9.69 Å². The van der Waals surface area contributed by atoms with Crippen molar-refractivity contribution in [3.8, 4) is 6.01 Å². The first-order valence-corrected chi connectivity index (χ1v) is 12.9. The van der Waals surface area contributed by atoms with Crippen molar-refractivity contribution in [3.05, 3.63) is 30.6 Å². The molecule has 9 nitrogen and oxygen atoms in total. The molecule has 0 radical (unpaired) electrons. The maximum absolute atomic E-state index is 14.1. The van der Waals surface area contributed by atoms with Gasteiger partial charge in [-0.2, -0.15) is 4.98 Å². The molecule has 1 unspecified atom stereocenters. The van der Waals surface area contributed by atoms with E-state index in [1.54, 1.807) is 18.3 Å². The van der Waals surface area contributed by atoms with Crippen molar-refractivity contribution < 1.29 is 24.2 Å². The molecule has 1 aromatic rings. The van der Waals surface area contributed by atoms with Gasteiger partial charge in [0.1, 0.15) is 11.8 Å². The third-order valence-electron chi connectivity index (χ3n) is 8.49. The summed E-state index contributed by atoms with van der Waals surface area (Å²) in [6, 6.07) is 2.06. The molecule has 4 aliphatic rings. The van der Waals surface area contributed by atoms with Crippen LogP contribution in [0.2, 0.25) is 0 Å². The van der Waals surface area contributed by atoms with E-state index in [9.17, 15) is 10.0 Å². The maximum atomic E-state index is 14.1. The van der Waals surface area contributed by atoms with Gasteiger partial charge in [0.25, 0.3) is 0 Å². The van der Waals surface area contributed by atoms with E-state index in [1.807, 2.05) is 0 Å². The molecule has 4 fully saturated rings. The van der Waals surface area contributed by atoms with Crippen molar-refractivity contribution in [3.63, 3.8) is 0 Å². The van der Waals surface area contributed by atoms with Crippen molar-refractivity contribution in [2.75, 3.05) is 26.8 Å². The van der Waals surface area contributed by atoms with Crippen molar-refractivity contribution >= 4 is 11.5 Å². The van der Waals surface area contributed by atoms with Crippen LogP contribution in [-0.2, 0) is 14.3 Å². The average Bonchev–Trinajstić information content (AvgIpc) is 3.52. The molecule has 2 saturated heterocycles. The minimum atomic E-state index is -0.855. The lowest BCUT2D eigenvalue weighted by molar-refractivity contribution is -0.255. The zero-order valence-corrected chi connectivity index (χ0v) is 20.5. The number of likely N-dealkylation sites (N-methyl/N-ethyl adjacent to an activating group) is 1. The van der Waals surface area contributed by atoms with Crippen LogP contribution in [0.25, 0.3) is 0 Å². The van der Waals surface area contributed by atoms with E-state index in [4.69, 9.17) is 14.2 Å². The van der Waals surface area contributed by atoms with Gasteiger partial charge in [0.2, 0.25) is 0 Å². The third-order valence-corrected chi connectivity index (χ3v) is 8.49. The van der Waals surface area contributed by atoms with Crippen LogP contribution in [-0.4, -0.2) is 76.3 Å². The summed E-state index contributed by atoms with van der Waals surface area (Å²) in [4.78, 5) is 25.2. The van der Waals surface area contributed by atoms with Crippen LogP contribution in [0.15, 0.2) is 30.1 Å². The van der Waals surface area contributed by atoms with Crippen LogP contribution < -0.4 is 4.74 Å². The zero-order valence-electron chi connectivity index (χ0n) is 20.5. The van der Waals surface area contributed by atoms with Gasteiger partial charge in [-0.25, -0.2) is 4.98 Å². The van der Waals surface area contributed by atoms with E-state index in [2.05, 4.69) is 33.7 Å². The van der Waals surface area contributed by atoms with E-state index < -0.39 is 17.1 Å². The zero-order chi connectivity index (χ0) is 24.5. The molecule has 5 rings (SSSR count). The largest absolute Gasteiger partial charge is 0.454 e. The van der Waals surface area contributed by atoms with Gasteiger partial charge in [0.15, 0.2) is 11.6 Å². The molecule has 4 atom stereocenters. The van der Waals surface area contributed by atoms with Crippen LogP contribution in [0, 0.1) is 11.3 Å². The van der Waals surface area contributed by atoms with Crippen molar-refractivity contribution in [1.82, 2.24) is 14.9 Å². The topological polar surface area (TPSA) is 106 Å². The summed E-state index contributed by atoms with van der Waals surface area (Å²) in [5, 5.41) is 13.7. The first kappa shape index (κ1) is 24.3. The summed E-state index contributed by atoms with van der Waals surface area (Å²) in [6.45, 7) is 5.97. The monoisotopic (exact) mass is 484 g/mol. The molecule has 190 valence electrons. The lowest BCUT2D eigenvalue weighted by atomic mass is 9.57. The highest BCUT2D eigenvalue weighted by Gasteiger charge is 2.63. The van der Waals surface area contributed by atoms with Crippen molar-refractivity contribution in [1.29, 1.82) is 0 Å². The van der Waals surface area contributed by atoms with Gasteiger partial charge in [-0.15, -0.1) is 0 Å². The number of carbonyl (C=O) groups excluding carboxylic acids is 1. The number of likely N-dealkylation sites (tertiary alicyclic amines) is 1. The second-order valence-electron chi connectivity index (χ2n) is 10.3. The number of rotatable bonds is 6. The summed E-state index contributed by atoms with van der Waals surface area (Å²) in [6.07, 6.45) is 10.8. The van der Waals surface area contributed by atoms with Crippen LogP contribution in [0.5, 0.6) is 6.01 Å². The highest BCUT2D eigenvalue weighted by atomic mass is 16.7. The summed E-state index contributed by atoms with van der Waals surface area (Å²) < 4.78 is 18.4. The number of ketones is 1. The minimum absolute atomic E-state index is 0.0378. The number of Topliss-reactive ketones (excluding diaryl/α,β-unsaturated/α-hetero) is 1. The number of fused-ring (bicyclic) bond motifs is 1. The number of oxime groups is 1. The van der Waals surface area contributed by atoms with Crippen LogP contribution in [0.4, 0.5) is 0 Å². The first-order chi connectivity index (χ1) is 17.0. The fourth-order valence-corrected chi connectivity index (χ4v) is 6.77. The summed E-state index contributed by atoms with van der Waals surface area (Å²) in [5.41, 5.74) is -0.0599. The molecule has 35 heavy (non-hydrogen) atoms. The van der Waals surface area contributed by atoms with Crippen LogP contribution in [0.3, 0.4) is 0 Å². The van der Waals surface area contributed by atoms with Gasteiger partial charge in [-0.1, -0.05) is 24.6 Å². The highest BCUT2D eigenvalue weighted by molar-refractivity contribution is 6.14. The number of hydrogen-bond donors (Lipinski definition) is 1. The summed E-state index contributed by atoms with van der Waals surface area (Å²) in [7, 11) is 2.08. The number of nitrogens with zero attached hydrogens (tertiary/aromatic N) is 4. The van der Waals surface area contributed by atoms with Gasteiger partial charge in [0.05, 0.1) is 36.3 Å². The third kappa shape index (κ3) is 4.17. The molecule has 1 aromatic heterocycles. The molecule has 2 spiro atoms. The summed E-state index contributed by atoms with van der Waals surface area (Å²) >= 11 is 0. The lowest BCUT2D eigenvalue weighted by Crippen LogP contribution is -2.60. The molecule has 3 heterocycles. The Bertz CT molecular complexity index is 974. The highest BCUT2D eigenvalue weighted by Crippen LogP contribution is 2.56. The van der Waals surface area contributed by atoms with Crippen LogP contribution >= 0.6 is 0 Å². The Labute approximate surface area is 206 Å². The van der Waals surface area contributed by atoms with Gasteiger partial charge < -0.3 is 19.4 Å².